The van der Waals surface area contributed by atoms with Gasteiger partial charge in [0.1, 0.15) is 6.04 Å². The molecule has 9 heteroatoms. The Bertz CT molecular complexity index is 1040. The monoisotopic (exact) mass is 433 g/mol. The molecular formula is C21H27N3O5S. The van der Waals surface area contributed by atoms with Crippen molar-refractivity contribution >= 4 is 33.0 Å². The van der Waals surface area contributed by atoms with Crippen molar-refractivity contribution in [2.75, 3.05) is 15.9 Å². The smallest absolute Gasteiger partial charge is 0.271 e. The van der Waals surface area contributed by atoms with Gasteiger partial charge in [-0.25, -0.2) is 8.42 Å². The van der Waals surface area contributed by atoms with Gasteiger partial charge in [0.15, 0.2) is 0 Å². The zero-order chi connectivity index (χ0) is 22.6. The number of hydrogen-bond acceptors (Lipinski definition) is 5. The molecule has 30 heavy (non-hydrogen) atoms. The van der Waals surface area contributed by atoms with Crippen molar-refractivity contribution in [3.8, 4) is 0 Å². The summed E-state index contributed by atoms with van der Waals surface area (Å²) in [5.41, 5.74) is 2.95. The van der Waals surface area contributed by atoms with Crippen LogP contribution < -0.4 is 9.62 Å². The molecule has 0 spiro atoms. The second-order valence-corrected chi connectivity index (χ2v) is 8.97. The van der Waals surface area contributed by atoms with Crippen molar-refractivity contribution in [3.63, 3.8) is 0 Å². The highest BCUT2D eigenvalue weighted by Gasteiger charge is 2.31. The number of carbonyl (C=O) groups is 1. The van der Waals surface area contributed by atoms with E-state index in [2.05, 4.69) is 5.32 Å². The zero-order valence-electron chi connectivity index (χ0n) is 17.8. The van der Waals surface area contributed by atoms with E-state index in [4.69, 9.17) is 0 Å². The van der Waals surface area contributed by atoms with Crippen LogP contribution in [0.25, 0.3) is 0 Å². The summed E-state index contributed by atoms with van der Waals surface area (Å²) < 4.78 is 26.1. The van der Waals surface area contributed by atoms with Gasteiger partial charge >= 0.3 is 0 Å². The van der Waals surface area contributed by atoms with Crippen LogP contribution in [0.2, 0.25) is 0 Å². The van der Waals surface area contributed by atoms with E-state index < -0.39 is 26.9 Å². The largest absolute Gasteiger partial charge is 0.324 e. The number of sulfonamides is 1. The van der Waals surface area contributed by atoms with Gasteiger partial charge in [0, 0.05) is 17.8 Å². The number of nitrogens with one attached hydrogen (secondary N) is 1. The van der Waals surface area contributed by atoms with Gasteiger partial charge in [-0.2, -0.15) is 0 Å². The Kier molecular flexibility index (Phi) is 7.20. The average molecular weight is 434 g/mol. The van der Waals surface area contributed by atoms with Gasteiger partial charge in [-0.05, 0) is 43.4 Å². The van der Waals surface area contributed by atoms with Crippen molar-refractivity contribution in [1.82, 2.24) is 0 Å². The summed E-state index contributed by atoms with van der Waals surface area (Å²) in [5, 5.41) is 14.1. The average Bonchev–Trinajstić information content (AvgIpc) is 2.68. The number of nitrogens with zero attached hydrogens (tertiary/aromatic N) is 2. The molecule has 0 radical (unpaired) electrons. The minimum atomic E-state index is -3.90. The molecule has 0 aliphatic carbocycles. The molecular weight excluding hydrogens is 406 g/mol. The Morgan fingerprint density at radius 3 is 2.20 bits per heavy atom. The molecule has 0 saturated carbocycles. The SMILES string of the molecule is CCc1cccc(CC)c1NC(=O)C(C)N(c1cc([N+](=O)[O-])ccc1C)S(C)(=O)=O. The Morgan fingerprint density at radius 2 is 1.73 bits per heavy atom. The number of aryl methyl sites for hydroxylation is 3. The molecule has 162 valence electrons. The third kappa shape index (κ3) is 4.96. The number of nitro groups is 1. The lowest BCUT2D eigenvalue weighted by Crippen LogP contribution is -2.45. The normalized spacial score (nSPS) is 12.3. The van der Waals surface area contributed by atoms with Gasteiger partial charge in [-0.1, -0.05) is 38.1 Å². The topological polar surface area (TPSA) is 110 Å². The Morgan fingerprint density at radius 1 is 1.17 bits per heavy atom. The fourth-order valence-electron chi connectivity index (χ4n) is 3.36. The van der Waals surface area contributed by atoms with E-state index in [0.717, 1.165) is 21.7 Å². The number of para-hydroxylation sites is 1. The maximum absolute atomic E-state index is 13.1. The number of non-ortho nitro benzene ring substituents is 1. The molecule has 1 N–H and O–H groups in total. The van der Waals surface area contributed by atoms with E-state index in [-0.39, 0.29) is 11.4 Å². The molecule has 0 aliphatic rings. The maximum atomic E-state index is 13.1. The number of carbonyl (C=O) groups excluding carboxylic acids is 1. The van der Waals surface area contributed by atoms with Crippen molar-refractivity contribution in [2.45, 2.75) is 46.6 Å². The Hall–Kier alpha value is -2.94. The highest BCUT2D eigenvalue weighted by atomic mass is 32.2. The van der Waals surface area contributed by atoms with Crippen LogP contribution >= 0.6 is 0 Å². The van der Waals surface area contributed by atoms with Crippen LogP contribution in [-0.4, -0.2) is 31.5 Å². The molecule has 0 heterocycles. The minimum absolute atomic E-state index is 0.105. The van der Waals surface area contributed by atoms with Crippen LogP contribution in [-0.2, 0) is 27.7 Å². The third-order valence-corrected chi connectivity index (χ3v) is 6.20. The van der Waals surface area contributed by atoms with E-state index in [1.165, 1.54) is 25.1 Å². The maximum Gasteiger partial charge on any atom is 0.271 e. The zero-order valence-corrected chi connectivity index (χ0v) is 18.6. The number of hydrogen-bond donors (Lipinski definition) is 1. The molecule has 2 aromatic rings. The lowest BCUT2D eigenvalue weighted by Gasteiger charge is -2.29. The van der Waals surface area contributed by atoms with E-state index in [0.29, 0.717) is 24.1 Å². The van der Waals surface area contributed by atoms with Crippen LogP contribution in [0.1, 0.15) is 37.5 Å². The Balaban J connectivity index is 2.50. The van der Waals surface area contributed by atoms with Gasteiger partial charge in [0.2, 0.25) is 15.9 Å². The molecule has 0 fully saturated rings. The lowest BCUT2D eigenvalue weighted by molar-refractivity contribution is -0.384. The highest BCUT2D eigenvalue weighted by Crippen LogP contribution is 2.30. The van der Waals surface area contributed by atoms with Gasteiger partial charge in [0.25, 0.3) is 5.69 Å². The Labute approximate surface area is 177 Å². The quantitative estimate of drug-likeness (QED) is 0.503. The minimum Gasteiger partial charge on any atom is -0.324 e. The molecule has 1 amide bonds. The number of anilines is 2. The van der Waals surface area contributed by atoms with E-state index in [1.54, 1.807) is 6.92 Å². The van der Waals surface area contributed by atoms with Crippen LogP contribution in [0.15, 0.2) is 36.4 Å². The summed E-state index contributed by atoms with van der Waals surface area (Å²) in [6.45, 7) is 7.06. The lowest BCUT2D eigenvalue weighted by atomic mass is 10.0. The highest BCUT2D eigenvalue weighted by molar-refractivity contribution is 7.92. The van der Waals surface area contributed by atoms with E-state index in [9.17, 15) is 23.3 Å². The first-order valence-electron chi connectivity index (χ1n) is 9.67. The van der Waals surface area contributed by atoms with E-state index in [1.807, 2.05) is 32.0 Å². The first-order chi connectivity index (χ1) is 14.0. The molecule has 1 atom stereocenters. The number of amides is 1. The standard InChI is InChI=1S/C21H27N3O5S/c1-6-16-9-8-10-17(7-2)20(16)22-21(25)15(4)23(30(5,28)29)19-13-18(24(26)27)12-11-14(19)3/h8-13,15H,6-7H2,1-5H3,(H,22,25). The molecule has 0 saturated heterocycles. The van der Waals surface area contributed by atoms with Gasteiger partial charge in [-0.15, -0.1) is 0 Å². The predicted octanol–water partition coefficient (Wildman–Crippen LogP) is 3.82. The van der Waals surface area contributed by atoms with E-state index >= 15 is 0 Å². The summed E-state index contributed by atoms with van der Waals surface area (Å²) in [4.78, 5) is 23.7. The molecule has 0 bridgehead atoms. The first-order valence-corrected chi connectivity index (χ1v) is 11.5. The van der Waals surface area contributed by atoms with Crippen molar-refractivity contribution < 1.29 is 18.1 Å². The van der Waals surface area contributed by atoms with Crippen LogP contribution in [0.4, 0.5) is 17.1 Å². The van der Waals surface area contributed by atoms with Crippen LogP contribution in [0.3, 0.4) is 0 Å². The molecule has 2 rings (SSSR count). The summed E-state index contributed by atoms with van der Waals surface area (Å²) in [6, 6.07) is 8.59. The molecule has 8 nitrogen and oxygen atoms in total. The molecule has 1 unspecified atom stereocenters. The predicted molar refractivity (Wildman–Crippen MR) is 118 cm³/mol. The van der Waals surface area contributed by atoms with Crippen LogP contribution in [0.5, 0.6) is 0 Å². The molecule has 0 aliphatic heterocycles. The molecule has 2 aromatic carbocycles. The second kappa shape index (κ2) is 9.25. The van der Waals surface area contributed by atoms with Crippen molar-refractivity contribution in [2.24, 2.45) is 0 Å². The number of rotatable bonds is 8. The number of benzene rings is 2. The summed E-state index contributed by atoms with van der Waals surface area (Å²) >= 11 is 0. The van der Waals surface area contributed by atoms with Gasteiger partial charge in [-0.3, -0.25) is 19.2 Å². The van der Waals surface area contributed by atoms with Gasteiger partial charge in [0.05, 0.1) is 16.9 Å². The van der Waals surface area contributed by atoms with Crippen LogP contribution in [0, 0.1) is 17.0 Å². The fraction of sp³-hybridized carbons (Fsp3) is 0.381. The van der Waals surface area contributed by atoms with Crippen molar-refractivity contribution in [3.05, 3.63) is 63.2 Å². The third-order valence-electron chi connectivity index (χ3n) is 4.98. The van der Waals surface area contributed by atoms with Crippen molar-refractivity contribution in [1.29, 1.82) is 0 Å². The van der Waals surface area contributed by atoms with Gasteiger partial charge < -0.3 is 5.32 Å². The summed E-state index contributed by atoms with van der Waals surface area (Å²) in [6.07, 6.45) is 2.39. The summed E-state index contributed by atoms with van der Waals surface area (Å²) in [5.74, 6) is -0.512. The molecule has 0 aromatic heterocycles. The second-order valence-electron chi connectivity index (χ2n) is 7.11. The first kappa shape index (κ1) is 23.3. The fourth-order valence-corrected chi connectivity index (χ4v) is 4.58. The number of nitro benzene ring substituents is 1. The summed E-state index contributed by atoms with van der Waals surface area (Å²) in [7, 11) is -3.90.